The number of hydrogen-bond acceptors (Lipinski definition) is 7. The van der Waals surface area contributed by atoms with Gasteiger partial charge in [0, 0.05) is 5.69 Å². The second-order valence-electron chi connectivity index (χ2n) is 4.45. The third kappa shape index (κ3) is 5.14. The fraction of sp³-hybridized carbons (Fsp3) is 0.312. The molecule has 0 bridgehead atoms. The number of methoxy groups -OCH3 is 2. The van der Waals surface area contributed by atoms with E-state index in [4.69, 9.17) is 4.74 Å². The zero-order valence-corrected chi connectivity index (χ0v) is 13.5. The third-order valence-corrected chi connectivity index (χ3v) is 2.88. The van der Waals surface area contributed by atoms with Crippen LogP contribution in [0.15, 0.2) is 30.0 Å². The molecule has 7 heteroatoms. The van der Waals surface area contributed by atoms with E-state index >= 15 is 0 Å². The summed E-state index contributed by atoms with van der Waals surface area (Å²) in [6, 6.07) is 4.88. The van der Waals surface area contributed by atoms with Gasteiger partial charge >= 0.3 is 17.9 Å². The van der Waals surface area contributed by atoms with Gasteiger partial charge in [-0.3, -0.25) is 0 Å². The molecule has 0 saturated heterocycles. The van der Waals surface area contributed by atoms with E-state index in [9.17, 15) is 14.4 Å². The Kier molecular flexibility index (Phi) is 6.79. The molecule has 0 heterocycles. The molecule has 1 N–H and O–H groups in total. The van der Waals surface area contributed by atoms with Crippen molar-refractivity contribution in [1.82, 2.24) is 0 Å². The van der Waals surface area contributed by atoms with Crippen LogP contribution in [0.25, 0.3) is 0 Å². The first-order chi connectivity index (χ1) is 10.9. The van der Waals surface area contributed by atoms with Crippen LogP contribution in [0.3, 0.4) is 0 Å². The summed E-state index contributed by atoms with van der Waals surface area (Å²) in [7, 11) is 2.38. The van der Waals surface area contributed by atoms with Gasteiger partial charge < -0.3 is 19.5 Å². The topological polar surface area (TPSA) is 90.9 Å². The molecule has 0 aromatic heterocycles. The summed E-state index contributed by atoms with van der Waals surface area (Å²) < 4.78 is 14.1. The van der Waals surface area contributed by atoms with Crippen molar-refractivity contribution in [2.75, 3.05) is 26.1 Å². The molecule has 23 heavy (non-hydrogen) atoms. The number of benzene rings is 1. The molecule has 0 atom stereocenters. The molecule has 1 aromatic rings. The molecule has 1 rings (SSSR count). The van der Waals surface area contributed by atoms with Gasteiger partial charge in [-0.2, -0.15) is 0 Å². The van der Waals surface area contributed by atoms with Crippen molar-refractivity contribution in [3.8, 4) is 0 Å². The SMILES string of the molecule is CCOC(=O)c1cc(N/C(=C/C(=O)OC)C(=O)OC)ccc1C. The highest BCUT2D eigenvalue weighted by Gasteiger charge is 2.15. The first-order valence-corrected chi connectivity index (χ1v) is 6.85. The standard InChI is InChI=1S/C16H19NO6/c1-5-23-15(19)12-8-11(7-6-10(12)2)17-13(16(20)22-4)9-14(18)21-3/h6-9,17H,5H2,1-4H3/b13-9+. The molecule has 0 radical (unpaired) electrons. The molecular weight excluding hydrogens is 302 g/mol. The normalized spacial score (nSPS) is 10.7. The van der Waals surface area contributed by atoms with E-state index in [0.717, 1.165) is 11.6 Å². The van der Waals surface area contributed by atoms with Crippen molar-refractivity contribution >= 4 is 23.6 Å². The number of ether oxygens (including phenoxy) is 3. The predicted molar refractivity (Wildman–Crippen MR) is 82.9 cm³/mol. The largest absolute Gasteiger partial charge is 0.466 e. The molecule has 1 aromatic carbocycles. The maximum atomic E-state index is 11.9. The number of carbonyl (C=O) groups excluding carboxylic acids is 3. The lowest BCUT2D eigenvalue weighted by Crippen LogP contribution is -2.16. The van der Waals surface area contributed by atoms with Crippen LogP contribution in [0.4, 0.5) is 5.69 Å². The van der Waals surface area contributed by atoms with Crippen molar-refractivity contribution in [3.05, 3.63) is 41.1 Å². The van der Waals surface area contributed by atoms with Gasteiger partial charge in [0.25, 0.3) is 0 Å². The van der Waals surface area contributed by atoms with Gasteiger partial charge in [-0.1, -0.05) is 6.07 Å². The van der Waals surface area contributed by atoms with Crippen molar-refractivity contribution in [2.24, 2.45) is 0 Å². The van der Waals surface area contributed by atoms with Crippen LogP contribution in [0.2, 0.25) is 0 Å². The Morgan fingerprint density at radius 1 is 1.17 bits per heavy atom. The van der Waals surface area contributed by atoms with Gasteiger partial charge in [0.2, 0.25) is 0 Å². The van der Waals surface area contributed by atoms with E-state index in [1.807, 2.05) is 0 Å². The lowest BCUT2D eigenvalue weighted by atomic mass is 10.1. The molecule has 0 spiro atoms. The average Bonchev–Trinajstić information content (AvgIpc) is 2.55. The van der Waals surface area contributed by atoms with Crippen molar-refractivity contribution in [2.45, 2.75) is 13.8 Å². The van der Waals surface area contributed by atoms with Gasteiger partial charge in [-0.15, -0.1) is 0 Å². The fourth-order valence-electron chi connectivity index (χ4n) is 1.72. The van der Waals surface area contributed by atoms with Crippen molar-refractivity contribution in [3.63, 3.8) is 0 Å². The zero-order chi connectivity index (χ0) is 17.4. The van der Waals surface area contributed by atoms with Crippen molar-refractivity contribution in [1.29, 1.82) is 0 Å². The van der Waals surface area contributed by atoms with E-state index in [2.05, 4.69) is 14.8 Å². The zero-order valence-electron chi connectivity index (χ0n) is 13.5. The summed E-state index contributed by atoms with van der Waals surface area (Å²) in [5.74, 6) is -1.92. The summed E-state index contributed by atoms with van der Waals surface area (Å²) in [6.07, 6.45) is 0.968. The average molecular weight is 321 g/mol. The minimum atomic E-state index is -0.742. The number of rotatable bonds is 6. The Hall–Kier alpha value is -2.83. The smallest absolute Gasteiger partial charge is 0.354 e. The first-order valence-electron chi connectivity index (χ1n) is 6.85. The van der Waals surface area contributed by atoms with Gasteiger partial charge in [-0.25, -0.2) is 14.4 Å². The first kappa shape index (κ1) is 18.2. The third-order valence-electron chi connectivity index (χ3n) is 2.88. The number of anilines is 1. The molecular formula is C16H19NO6. The second-order valence-corrected chi connectivity index (χ2v) is 4.45. The van der Waals surface area contributed by atoms with Crippen LogP contribution < -0.4 is 5.32 Å². The maximum Gasteiger partial charge on any atom is 0.354 e. The highest BCUT2D eigenvalue weighted by atomic mass is 16.5. The number of nitrogens with one attached hydrogen (secondary N) is 1. The van der Waals surface area contributed by atoms with Crippen LogP contribution in [0.5, 0.6) is 0 Å². The minimum absolute atomic E-state index is 0.113. The van der Waals surface area contributed by atoms with Crippen LogP contribution in [0, 0.1) is 6.92 Å². The highest BCUT2D eigenvalue weighted by Crippen LogP contribution is 2.18. The second kappa shape index (κ2) is 8.57. The molecule has 0 unspecified atom stereocenters. The predicted octanol–water partition coefficient (Wildman–Crippen LogP) is 1.81. The Morgan fingerprint density at radius 2 is 1.87 bits per heavy atom. The molecule has 0 aliphatic carbocycles. The number of carbonyl (C=O) groups is 3. The Balaban J connectivity index is 3.12. The van der Waals surface area contributed by atoms with E-state index in [0.29, 0.717) is 11.3 Å². The van der Waals surface area contributed by atoms with Gasteiger partial charge in [0.1, 0.15) is 5.70 Å². The van der Waals surface area contributed by atoms with E-state index < -0.39 is 17.9 Å². The van der Waals surface area contributed by atoms with Gasteiger partial charge in [0.15, 0.2) is 0 Å². The highest BCUT2D eigenvalue weighted by molar-refractivity contribution is 5.99. The molecule has 124 valence electrons. The summed E-state index contributed by atoms with van der Waals surface area (Å²) >= 11 is 0. The van der Waals surface area contributed by atoms with E-state index in [-0.39, 0.29) is 12.3 Å². The molecule has 0 aliphatic heterocycles. The Morgan fingerprint density at radius 3 is 2.43 bits per heavy atom. The van der Waals surface area contributed by atoms with Crippen molar-refractivity contribution < 1.29 is 28.6 Å². The monoisotopic (exact) mass is 321 g/mol. The summed E-state index contributed by atoms with van der Waals surface area (Å²) in [6.45, 7) is 3.73. The summed E-state index contributed by atoms with van der Waals surface area (Å²) in [4.78, 5) is 34.9. The summed E-state index contributed by atoms with van der Waals surface area (Å²) in [5, 5.41) is 2.74. The molecule has 0 fully saturated rings. The van der Waals surface area contributed by atoms with E-state index in [1.165, 1.54) is 20.3 Å². The van der Waals surface area contributed by atoms with Crippen LogP contribution >= 0.6 is 0 Å². The minimum Gasteiger partial charge on any atom is -0.466 e. The Bertz CT molecular complexity index is 635. The molecule has 7 nitrogen and oxygen atoms in total. The number of aryl methyl sites for hydroxylation is 1. The molecule has 0 saturated carbocycles. The van der Waals surface area contributed by atoms with Crippen LogP contribution in [-0.2, 0) is 23.8 Å². The van der Waals surface area contributed by atoms with E-state index in [1.54, 1.807) is 26.0 Å². The maximum absolute atomic E-state index is 11.9. The summed E-state index contributed by atoms with van der Waals surface area (Å²) in [5.41, 5.74) is 1.40. The van der Waals surface area contributed by atoms with Gasteiger partial charge in [-0.05, 0) is 31.5 Å². The van der Waals surface area contributed by atoms with Gasteiger partial charge in [0.05, 0.1) is 32.5 Å². The van der Waals surface area contributed by atoms with Crippen LogP contribution in [0.1, 0.15) is 22.8 Å². The quantitative estimate of drug-likeness (QED) is 0.485. The molecule has 0 amide bonds. The fourth-order valence-corrected chi connectivity index (χ4v) is 1.72. The van der Waals surface area contributed by atoms with Crippen LogP contribution in [-0.4, -0.2) is 38.7 Å². The lowest BCUT2D eigenvalue weighted by molar-refractivity contribution is -0.138. The lowest BCUT2D eigenvalue weighted by Gasteiger charge is -2.12. The number of hydrogen-bond donors (Lipinski definition) is 1. The number of esters is 3. The molecule has 0 aliphatic rings. The Labute approximate surface area is 134 Å².